The number of hydrogen-bond donors (Lipinski definition) is 1. The number of halogens is 3. The van der Waals surface area contributed by atoms with E-state index < -0.39 is 30.5 Å². The number of benzene rings is 1. The zero-order valence-corrected chi connectivity index (χ0v) is 13.2. The smallest absolute Gasteiger partial charge is 0.380 e. The first-order valence-electron chi connectivity index (χ1n) is 7.51. The average molecular weight is 344 g/mol. The van der Waals surface area contributed by atoms with Crippen LogP contribution < -0.4 is 0 Å². The summed E-state index contributed by atoms with van der Waals surface area (Å²) in [5.41, 5.74) is -2.31. The van der Waals surface area contributed by atoms with Crippen molar-refractivity contribution in [2.45, 2.75) is 24.6 Å². The number of hydrogen-bond acceptors (Lipinski definition) is 3. The molecule has 1 aromatic rings. The van der Waals surface area contributed by atoms with Crippen LogP contribution in [0.4, 0.5) is 13.2 Å². The summed E-state index contributed by atoms with van der Waals surface area (Å²) in [6.45, 7) is -0.609. The number of likely N-dealkylation sites (tertiary alicyclic amines) is 1. The Bertz CT molecular complexity index is 596. The van der Waals surface area contributed by atoms with Crippen molar-refractivity contribution in [3.63, 3.8) is 0 Å². The van der Waals surface area contributed by atoms with Gasteiger partial charge in [0.05, 0.1) is 6.54 Å². The number of aliphatic hydroxyl groups is 1. The summed E-state index contributed by atoms with van der Waals surface area (Å²) in [6, 6.07) is 8.40. The normalized spacial score (nSPS) is 17.5. The quantitative estimate of drug-likeness (QED) is 0.907. The maximum atomic E-state index is 12.8. The number of nitrogens with zero attached hydrogens (tertiary/aromatic N) is 2. The molecular weight excluding hydrogens is 325 g/mol. The van der Waals surface area contributed by atoms with Gasteiger partial charge in [0.1, 0.15) is 0 Å². The molecule has 24 heavy (non-hydrogen) atoms. The first-order chi connectivity index (χ1) is 11.1. The van der Waals surface area contributed by atoms with E-state index in [1.54, 1.807) is 30.3 Å². The van der Waals surface area contributed by atoms with Crippen molar-refractivity contribution in [2.75, 3.05) is 26.7 Å². The summed E-state index contributed by atoms with van der Waals surface area (Å²) in [4.78, 5) is 26.8. The van der Waals surface area contributed by atoms with Crippen LogP contribution in [0.3, 0.4) is 0 Å². The molecule has 1 saturated heterocycles. The minimum Gasteiger partial charge on any atom is -0.380 e. The van der Waals surface area contributed by atoms with Gasteiger partial charge in [0, 0.05) is 38.5 Å². The van der Waals surface area contributed by atoms with E-state index in [2.05, 4.69) is 0 Å². The number of carbonyl (C=O) groups is 2. The fourth-order valence-corrected chi connectivity index (χ4v) is 2.59. The van der Waals surface area contributed by atoms with E-state index in [9.17, 15) is 27.9 Å². The molecule has 2 amide bonds. The minimum absolute atomic E-state index is 0.192. The van der Waals surface area contributed by atoms with Crippen molar-refractivity contribution in [1.82, 2.24) is 9.80 Å². The van der Waals surface area contributed by atoms with Crippen LogP contribution in [0.2, 0.25) is 0 Å². The second-order valence-electron chi connectivity index (χ2n) is 5.94. The highest BCUT2D eigenvalue weighted by Crippen LogP contribution is 2.38. The maximum Gasteiger partial charge on any atom is 0.417 e. The maximum absolute atomic E-state index is 12.8. The van der Waals surface area contributed by atoms with Crippen LogP contribution in [0.5, 0.6) is 0 Å². The van der Waals surface area contributed by atoms with Crippen molar-refractivity contribution >= 4 is 11.8 Å². The molecule has 0 saturated carbocycles. The molecule has 0 aromatic heterocycles. The molecule has 0 radical (unpaired) electrons. The van der Waals surface area contributed by atoms with Crippen molar-refractivity contribution in [3.8, 4) is 0 Å². The van der Waals surface area contributed by atoms with Crippen LogP contribution in [-0.2, 0) is 4.79 Å². The fourth-order valence-electron chi connectivity index (χ4n) is 2.59. The zero-order valence-electron chi connectivity index (χ0n) is 13.2. The van der Waals surface area contributed by atoms with E-state index in [0.29, 0.717) is 5.56 Å². The van der Waals surface area contributed by atoms with Gasteiger partial charge in [-0.15, -0.1) is 0 Å². The molecule has 1 aliphatic heterocycles. The number of alkyl halides is 3. The molecule has 0 atom stereocenters. The summed E-state index contributed by atoms with van der Waals surface area (Å²) in [5.74, 6) is -0.779. The van der Waals surface area contributed by atoms with Crippen LogP contribution in [0, 0.1) is 0 Å². The first-order valence-corrected chi connectivity index (χ1v) is 7.51. The topological polar surface area (TPSA) is 60.9 Å². The Morgan fingerprint density at radius 1 is 1.21 bits per heavy atom. The molecule has 0 aliphatic carbocycles. The van der Waals surface area contributed by atoms with E-state index in [4.69, 9.17) is 0 Å². The van der Waals surface area contributed by atoms with Crippen molar-refractivity contribution in [1.29, 1.82) is 0 Å². The molecule has 0 spiro atoms. The number of piperidine rings is 1. The molecule has 0 bridgehead atoms. The largest absolute Gasteiger partial charge is 0.417 e. The molecule has 1 fully saturated rings. The Labute approximate surface area is 137 Å². The lowest BCUT2D eigenvalue weighted by Gasteiger charge is -2.39. The Balaban J connectivity index is 1.91. The predicted molar refractivity (Wildman–Crippen MR) is 80.2 cm³/mol. The Morgan fingerprint density at radius 3 is 2.25 bits per heavy atom. The lowest BCUT2D eigenvalue weighted by molar-refractivity contribution is -0.272. The molecule has 5 nitrogen and oxygen atoms in total. The lowest BCUT2D eigenvalue weighted by atomic mass is 9.91. The van der Waals surface area contributed by atoms with Crippen LogP contribution in [-0.4, -0.2) is 65.2 Å². The fraction of sp³-hybridized carbons (Fsp3) is 0.500. The van der Waals surface area contributed by atoms with Gasteiger partial charge < -0.3 is 14.9 Å². The molecule has 1 N–H and O–H groups in total. The third-order valence-corrected chi connectivity index (χ3v) is 4.21. The predicted octanol–water partition coefficient (Wildman–Crippen LogP) is 1.67. The molecule has 132 valence electrons. The van der Waals surface area contributed by atoms with E-state index >= 15 is 0 Å². The Morgan fingerprint density at radius 2 is 1.75 bits per heavy atom. The summed E-state index contributed by atoms with van der Waals surface area (Å²) in [5, 5.41) is 9.60. The first kappa shape index (κ1) is 18.3. The monoisotopic (exact) mass is 344 g/mol. The summed E-state index contributed by atoms with van der Waals surface area (Å²) in [6.07, 6.45) is -5.82. The SMILES string of the molecule is CN(CC(=O)N1CCC(O)(C(F)(F)F)CC1)C(=O)c1ccccc1. The second-order valence-corrected chi connectivity index (χ2v) is 5.94. The second kappa shape index (κ2) is 6.80. The van der Waals surface area contributed by atoms with Gasteiger partial charge in [-0.1, -0.05) is 18.2 Å². The molecule has 1 aromatic carbocycles. The van der Waals surface area contributed by atoms with E-state index in [0.717, 1.165) is 0 Å². The number of amides is 2. The average Bonchev–Trinajstić information content (AvgIpc) is 2.54. The van der Waals surface area contributed by atoms with Gasteiger partial charge in [0.15, 0.2) is 5.60 Å². The highest BCUT2D eigenvalue weighted by atomic mass is 19.4. The van der Waals surface area contributed by atoms with Crippen molar-refractivity contribution in [3.05, 3.63) is 35.9 Å². The lowest BCUT2D eigenvalue weighted by Crippen LogP contribution is -2.55. The molecule has 1 aliphatic rings. The summed E-state index contributed by atoms with van der Waals surface area (Å²) in [7, 11) is 1.46. The van der Waals surface area contributed by atoms with Gasteiger partial charge in [-0.3, -0.25) is 9.59 Å². The summed E-state index contributed by atoms with van der Waals surface area (Å²) < 4.78 is 38.3. The number of carbonyl (C=O) groups excluding carboxylic acids is 2. The van der Waals surface area contributed by atoms with Crippen molar-refractivity contribution < 1.29 is 27.9 Å². The van der Waals surface area contributed by atoms with Gasteiger partial charge in [-0.25, -0.2) is 0 Å². The number of rotatable bonds is 3. The van der Waals surface area contributed by atoms with E-state index in [1.165, 1.54) is 16.8 Å². The highest BCUT2D eigenvalue weighted by molar-refractivity contribution is 5.96. The minimum atomic E-state index is -4.71. The molecule has 1 heterocycles. The van der Waals surface area contributed by atoms with Gasteiger partial charge in [-0.05, 0) is 12.1 Å². The third-order valence-electron chi connectivity index (χ3n) is 4.21. The Hall–Kier alpha value is -2.09. The standard InChI is InChI=1S/C16H19F3N2O3/c1-20(14(23)12-5-3-2-4-6-12)11-13(22)21-9-7-15(24,8-10-21)16(17,18)19/h2-6,24H,7-11H2,1H3. The van der Waals surface area contributed by atoms with Gasteiger partial charge >= 0.3 is 6.18 Å². The van der Waals surface area contributed by atoms with Gasteiger partial charge in [0.25, 0.3) is 5.91 Å². The number of likely N-dealkylation sites (N-methyl/N-ethyl adjacent to an activating group) is 1. The zero-order chi connectivity index (χ0) is 18.0. The molecule has 0 unspecified atom stereocenters. The van der Waals surface area contributed by atoms with Gasteiger partial charge in [0.2, 0.25) is 5.91 Å². The van der Waals surface area contributed by atoms with Crippen LogP contribution >= 0.6 is 0 Å². The molecular formula is C16H19F3N2O3. The molecule has 8 heteroatoms. The summed E-state index contributed by atoms with van der Waals surface area (Å²) >= 11 is 0. The van der Waals surface area contributed by atoms with E-state index in [1.807, 2.05) is 0 Å². The third kappa shape index (κ3) is 3.87. The van der Waals surface area contributed by atoms with Crippen LogP contribution in [0.25, 0.3) is 0 Å². The van der Waals surface area contributed by atoms with Crippen molar-refractivity contribution in [2.24, 2.45) is 0 Å². The van der Waals surface area contributed by atoms with Gasteiger partial charge in [-0.2, -0.15) is 13.2 Å². The Kier molecular flexibility index (Phi) is 5.17. The highest BCUT2D eigenvalue weighted by Gasteiger charge is 2.54. The molecule has 2 rings (SSSR count). The van der Waals surface area contributed by atoms with Crippen LogP contribution in [0.1, 0.15) is 23.2 Å². The van der Waals surface area contributed by atoms with E-state index in [-0.39, 0.29) is 25.5 Å². The van der Waals surface area contributed by atoms with Crippen LogP contribution in [0.15, 0.2) is 30.3 Å².